The molecule has 2 N–H and O–H groups in total. The fourth-order valence-corrected chi connectivity index (χ4v) is 1.68. The van der Waals surface area contributed by atoms with Crippen molar-refractivity contribution >= 4 is 11.6 Å². The van der Waals surface area contributed by atoms with Gasteiger partial charge in [0.15, 0.2) is 0 Å². The van der Waals surface area contributed by atoms with Gasteiger partial charge in [-0.2, -0.15) is 0 Å². The van der Waals surface area contributed by atoms with Crippen molar-refractivity contribution < 1.29 is 10.2 Å². The standard InChI is InChI=1S/C10H13ClO2/c1-7-3-2-4-8(11)10(7)9(13)5-6-12/h2-4,9,12-13H,5-6H2,1H3. The molecule has 0 aliphatic rings. The number of aliphatic hydroxyl groups excluding tert-OH is 2. The SMILES string of the molecule is Cc1cccc(Cl)c1C(O)CCO. The van der Waals surface area contributed by atoms with Gasteiger partial charge in [-0.05, 0) is 18.6 Å². The monoisotopic (exact) mass is 200 g/mol. The summed E-state index contributed by atoms with van der Waals surface area (Å²) in [5.74, 6) is 0. The van der Waals surface area contributed by atoms with Crippen LogP contribution in [0.5, 0.6) is 0 Å². The van der Waals surface area contributed by atoms with Gasteiger partial charge in [0, 0.05) is 23.6 Å². The second kappa shape index (κ2) is 4.61. The number of benzene rings is 1. The van der Waals surface area contributed by atoms with Crippen LogP contribution in [0, 0.1) is 6.92 Å². The maximum atomic E-state index is 9.64. The van der Waals surface area contributed by atoms with Gasteiger partial charge in [-0.3, -0.25) is 0 Å². The highest BCUT2D eigenvalue weighted by Gasteiger charge is 2.12. The summed E-state index contributed by atoms with van der Waals surface area (Å²) in [4.78, 5) is 0. The Morgan fingerprint density at radius 3 is 2.69 bits per heavy atom. The highest BCUT2D eigenvalue weighted by Crippen LogP contribution is 2.27. The van der Waals surface area contributed by atoms with Gasteiger partial charge in [-0.25, -0.2) is 0 Å². The molecule has 2 nitrogen and oxygen atoms in total. The Labute approximate surface area is 82.8 Å². The molecule has 0 aromatic heterocycles. The molecule has 72 valence electrons. The third kappa shape index (κ3) is 2.44. The lowest BCUT2D eigenvalue weighted by Crippen LogP contribution is -2.03. The minimum Gasteiger partial charge on any atom is -0.396 e. The Balaban J connectivity index is 2.98. The molecule has 0 fully saturated rings. The van der Waals surface area contributed by atoms with E-state index in [9.17, 15) is 5.11 Å². The zero-order chi connectivity index (χ0) is 9.84. The van der Waals surface area contributed by atoms with Crippen molar-refractivity contribution in [3.05, 3.63) is 34.3 Å². The molecule has 0 heterocycles. The smallest absolute Gasteiger partial charge is 0.0828 e. The van der Waals surface area contributed by atoms with Crippen LogP contribution in [0.15, 0.2) is 18.2 Å². The van der Waals surface area contributed by atoms with Crippen molar-refractivity contribution in [2.45, 2.75) is 19.4 Å². The molecule has 0 spiro atoms. The average molecular weight is 201 g/mol. The van der Waals surface area contributed by atoms with E-state index >= 15 is 0 Å². The first kappa shape index (κ1) is 10.5. The summed E-state index contributed by atoms with van der Waals surface area (Å²) in [6, 6.07) is 5.47. The molecule has 0 radical (unpaired) electrons. The van der Waals surface area contributed by atoms with E-state index in [1.54, 1.807) is 6.07 Å². The van der Waals surface area contributed by atoms with Crippen LogP contribution in [-0.2, 0) is 0 Å². The van der Waals surface area contributed by atoms with E-state index in [1.807, 2.05) is 19.1 Å². The van der Waals surface area contributed by atoms with Crippen molar-refractivity contribution in [2.75, 3.05) is 6.61 Å². The molecular formula is C10H13ClO2. The molecule has 0 aliphatic heterocycles. The molecule has 0 saturated carbocycles. The van der Waals surface area contributed by atoms with Gasteiger partial charge in [0.1, 0.15) is 0 Å². The summed E-state index contributed by atoms with van der Waals surface area (Å²) in [7, 11) is 0. The lowest BCUT2D eigenvalue weighted by Gasteiger charge is -2.13. The normalized spacial score (nSPS) is 12.9. The van der Waals surface area contributed by atoms with Crippen molar-refractivity contribution in [3.8, 4) is 0 Å². The topological polar surface area (TPSA) is 40.5 Å². The van der Waals surface area contributed by atoms with Gasteiger partial charge in [-0.1, -0.05) is 23.7 Å². The van der Waals surface area contributed by atoms with Crippen LogP contribution in [0.1, 0.15) is 23.7 Å². The number of hydrogen-bond donors (Lipinski definition) is 2. The lowest BCUT2D eigenvalue weighted by molar-refractivity contribution is 0.134. The Hall–Kier alpha value is -0.570. The molecule has 3 heteroatoms. The van der Waals surface area contributed by atoms with Gasteiger partial charge >= 0.3 is 0 Å². The van der Waals surface area contributed by atoms with E-state index in [4.69, 9.17) is 16.7 Å². The van der Waals surface area contributed by atoms with E-state index in [0.29, 0.717) is 11.4 Å². The zero-order valence-corrected chi connectivity index (χ0v) is 8.25. The first-order chi connectivity index (χ1) is 6.16. The van der Waals surface area contributed by atoms with Crippen LogP contribution in [0.2, 0.25) is 5.02 Å². The molecule has 13 heavy (non-hydrogen) atoms. The maximum absolute atomic E-state index is 9.64. The Kier molecular flexibility index (Phi) is 3.72. The van der Waals surface area contributed by atoms with Crippen LogP contribution in [0.3, 0.4) is 0 Å². The molecule has 1 rings (SSSR count). The summed E-state index contributed by atoms with van der Waals surface area (Å²) in [5, 5.41) is 18.9. The Morgan fingerprint density at radius 1 is 1.46 bits per heavy atom. The number of aryl methyl sites for hydroxylation is 1. The van der Waals surface area contributed by atoms with E-state index in [0.717, 1.165) is 11.1 Å². The Morgan fingerprint density at radius 2 is 2.15 bits per heavy atom. The summed E-state index contributed by atoms with van der Waals surface area (Å²) < 4.78 is 0. The maximum Gasteiger partial charge on any atom is 0.0828 e. The van der Waals surface area contributed by atoms with Gasteiger partial charge < -0.3 is 10.2 Å². The molecule has 1 aromatic carbocycles. The fraction of sp³-hybridized carbons (Fsp3) is 0.400. The third-order valence-electron chi connectivity index (χ3n) is 2.01. The molecule has 0 bridgehead atoms. The highest BCUT2D eigenvalue weighted by molar-refractivity contribution is 6.31. The lowest BCUT2D eigenvalue weighted by atomic mass is 10.0. The van der Waals surface area contributed by atoms with Crippen molar-refractivity contribution in [1.82, 2.24) is 0 Å². The largest absolute Gasteiger partial charge is 0.396 e. The second-order valence-corrected chi connectivity index (χ2v) is 3.41. The first-order valence-electron chi connectivity index (χ1n) is 4.20. The van der Waals surface area contributed by atoms with Gasteiger partial charge in [0.2, 0.25) is 0 Å². The van der Waals surface area contributed by atoms with Crippen molar-refractivity contribution in [3.63, 3.8) is 0 Å². The van der Waals surface area contributed by atoms with Crippen LogP contribution in [0.4, 0.5) is 0 Å². The van der Waals surface area contributed by atoms with E-state index in [1.165, 1.54) is 0 Å². The Bertz CT molecular complexity index is 266. The first-order valence-corrected chi connectivity index (χ1v) is 4.58. The molecule has 1 unspecified atom stereocenters. The molecule has 1 atom stereocenters. The third-order valence-corrected chi connectivity index (χ3v) is 2.34. The van der Waals surface area contributed by atoms with Crippen LogP contribution >= 0.6 is 11.6 Å². The number of aliphatic hydroxyl groups is 2. The predicted octanol–water partition coefficient (Wildman–Crippen LogP) is 2.06. The summed E-state index contributed by atoms with van der Waals surface area (Å²) >= 11 is 5.92. The molecule has 0 aliphatic carbocycles. The minimum atomic E-state index is -0.668. The van der Waals surface area contributed by atoms with Gasteiger partial charge in [-0.15, -0.1) is 0 Å². The quantitative estimate of drug-likeness (QED) is 0.784. The second-order valence-electron chi connectivity index (χ2n) is 3.00. The summed E-state index contributed by atoms with van der Waals surface area (Å²) in [6.07, 6.45) is -0.344. The predicted molar refractivity (Wildman–Crippen MR) is 52.9 cm³/mol. The van der Waals surface area contributed by atoms with E-state index in [2.05, 4.69) is 0 Å². The number of hydrogen-bond acceptors (Lipinski definition) is 2. The molecule has 0 saturated heterocycles. The van der Waals surface area contributed by atoms with Gasteiger partial charge in [0.05, 0.1) is 6.10 Å². The van der Waals surface area contributed by atoms with Crippen molar-refractivity contribution in [2.24, 2.45) is 0 Å². The van der Waals surface area contributed by atoms with E-state index < -0.39 is 6.10 Å². The van der Waals surface area contributed by atoms with Crippen LogP contribution in [-0.4, -0.2) is 16.8 Å². The van der Waals surface area contributed by atoms with E-state index in [-0.39, 0.29) is 6.61 Å². The minimum absolute atomic E-state index is 0.0359. The molecule has 1 aromatic rings. The highest BCUT2D eigenvalue weighted by atomic mass is 35.5. The number of rotatable bonds is 3. The molecular weight excluding hydrogens is 188 g/mol. The van der Waals surface area contributed by atoms with Crippen LogP contribution < -0.4 is 0 Å². The van der Waals surface area contributed by atoms with Gasteiger partial charge in [0.25, 0.3) is 0 Å². The van der Waals surface area contributed by atoms with Crippen LogP contribution in [0.25, 0.3) is 0 Å². The van der Waals surface area contributed by atoms with Crippen molar-refractivity contribution in [1.29, 1.82) is 0 Å². The molecule has 0 amide bonds. The number of halogens is 1. The average Bonchev–Trinajstić information content (AvgIpc) is 2.04. The summed E-state index contributed by atoms with van der Waals surface area (Å²) in [6.45, 7) is 1.85. The fourth-order valence-electron chi connectivity index (χ4n) is 1.33. The zero-order valence-electron chi connectivity index (χ0n) is 7.50. The summed E-state index contributed by atoms with van der Waals surface area (Å²) in [5.41, 5.74) is 1.67.